The molecule has 6 heteroatoms. The SMILES string of the molecule is NC(=O)c1ccccc1S(=O)(=O)Cl. The van der Waals surface area contributed by atoms with E-state index in [-0.39, 0.29) is 10.5 Å². The Bertz CT molecular complexity index is 441. The molecule has 0 heterocycles. The van der Waals surface area contributed by atoms with Crippen molar-refractivity contribution in [3.05, 3.63) is 29.8 Å². The summed E-state index contributed by atoms with van der Waals surface area (Å²) in [5.74, 6) is -0.820. The zero-order valence-electron chi connectivity index (χ0n) is 6.40. The zero-order valence-corrected chi connectivity index (χ0v) is 7.97. The third-order valence-corrected chi connectivity index (χ3v) is 2.80. The Labute approximate surface area is 79.7 Å². The van der Waals surface area contributed by atoms with Gasteiger partial charge in [0.25, 0.3) is 9.05 Å². The Balaban J connectivity index is 3.46. The molecule has 1 aromatic rings. The van der Waals surface area contributed by atoms with Crippen molar-refractivity contribution in [2.75, 3.05) is 0 Å². The first-order valence-corrected chi connectivity index (χ1v) is 5.57. The van der Waals surface area contributed by atoms with E-state index in [9.17, 15) is 13.2 Å². The molecule has 13 heavy (non-hydrogen) atoms. The van der Waals surface area contributed by atoms with Crippen molar-refractivity contribution in [1.29, 1.82) is 0 Å². The molecule has 1 amide bonds. The molecule has 0 saturated heterocycles. The molecule has 0 bridgehead atoms. The van der Waals surface area contributed by atoms with Crippen LogP contribution in [-0.4, -0.2) is 14.3 Å². The van der Waals surface area contributed by atoms with Gasteiger partial charge >= 0.3 is 0 Å². The van der Waals surface area contributed by atoms with Crippen molar-refractivity contribution >= 4 is 25.6 Å². The fraction of sp³-hybridized carbons (Fsp3) is 0. The van der Waals surface area contributed by atoms with Crippen LogP contribution in [0.5, 0.6) is 0 Å². The summed E-state index contributed by atoms with van der Waals surface area (Å²) in [6.07, 6.45) is 0. The van der Waals surface area contributed by atoms with Crippen molar-refractivity contribution in [3.63, 3.8) is 0 Å². The number of amides is 1. The highest BCUT2D eigenvalue weighted by atomic mass is 35.7. The molecule has 0 unspecified atom stereocenters. The summed E-state index contributed by atoms with van der Waals surface area (Å²) in [7, 11) is 1.17. The van der Waals surface area contributed by atoms with E-state index in [0.717, 1.165) is 0 Å². The third-order valence-electron chi connectivity index (χ3n) is 1.42. The van der Waals surface area contributed by atoms with E-state index in [4.69, 9.17) is 16.4 Å². The first-order chi connectivity index (χ1) is 5.93. The van der Waals surface area contributed by atoms with Crippen LogP contribution in [0, 0.1) is 0 Å². The Morgan fingerprint density at radius 2 is 1.85 bits per heavy atom. The standard InChI is InChI=1S/C7H6ClNO3S/c8-13(11,12)6-4-2-1-3-5(6)7(9)10/h1-4H,(H2,9,10). The van der Waals surface area contributed by atoms with E-state index >= 15 is 0 Å². The van der Waals surface area contributed by atoms with Gasteiger partial charge in [0.2, 0.25) is 5.91 Å². The van der Waals surface area contributed by atoms with Crippen LogP contribution in [0.1, 0.15) is 10.4 Å². The number of benzene rings is 1. The molecular formula is C7H6ClNO3S. The van der Waals surface area contributed by atoms with E-state index < -0.39 is 15.0 Å². The highest BCUT2D eigenvalue weighted by Crippen LogP contribution is 2.18. The van der Waals surface area contributed by atoms with Crippen LogP contribution >= 0.6 is 10.7 Å². The normalized spacial score (nSPS) is 11.2. The minimum absolute atomic E-state index is 0.0995. The predicted molar refractivity (Wildman–Crippen MR) is 48.0 cm³/mol. The minimum atomic E-state index is -3.91. The molecular weight excluding hydrogens is 214 g/mol. The van der Waals surface area contributed by atoms with Gasteiger partial charge < -0.3 is 5.73 Å². The van der Waals surface area contributed by atoms with Gasteiger partial charge in [0, 0.05) is 10.7 Å². The van der Waals surface area contributed by atoms with Crippen LogP contribution in [0.4, 0.5) is 0 Å². The largest absolute Gasteiger partial charge is 0.366 e. The Morgan fingerprint density at radius 1 is 1.31 bits per heavy atom. The molecule has 0 atom stereocenters. The van der Waals surface area contributed by atoms with E-state index in [1.54, 1.807) is 0 Å². The lowest BCUT2D eigenvalue weighted by Gasteiger charge is -2.00. The molecule has 70 valence electrons. The molecule has 0 spiro atoms. The number of carbonyl (C=O) groups is 1. The monoisotopic (exact) mass is 219 g/mol. The summed E-state index contributed by atoms with van der Waals surface area (Å²) in [6.45, 7) is 0. The smallest absolute Gasteiger partial charge is 0.262 e. The van der Waals surface area contributed by atoms with E-state index in [2.05, 4.69) is 0 Å². The van der Waals surface area contributed by atoms with Crippen molar-refractivity contribution in [3.8, 4) is 0 Å². The van der Waals surface area contributed by atoms with Gasteiger partial charge in [-0.2, -0.15) is 0 Å². The number of nitrogens with two attached hydrogens (primary N) is 1. The van der Waals surface area contributed by atoms with Gasteiger partial charge in [-0.3, -0.25) is 4.79 Å². The van der Waals surface area contributed by atoms with Crippen molar-refractivity contribution in [1.82, 2.24) is 0 Å². The van der Waals surface area contributed by atoms with E-state index in [1.165, 1.54) is 24.3 Å². The lowest BCUT2D eigenvalue weighted by Crippen LogP contribution is -2.14. The summed E-state index contributed by atoms with van der Waals surface area (Å²) < 4.78 is 21.8. The molecule has 0 fully saturated rings. The van der Waals surface area contributed by atoms with Crippen molar-refractivity contribution < 1.29 is 13.2 Å². The number of carbonyl (C=O) groups excluding carboxylic acids is 1. The van der Waals surface area contributed by atoms with Gasteiger partial charge in [-0.15, -0.1) is 0 Å². The second-order valence-corrected chi connectivity index (χ2v) is 4.83. The number of primary amides is 1. The fourth-order valence-electron chi connectivity index (χ4n) is 0.883. The summed E-state index contributed by atoms with van der Waals surface area (Å²) >= 11 is 0. The highest BCUT2D eigenvalue weighted by molar-refractivity contribution is 8.13. The summed E-state index contributed by atoms with van der Waals surface area (Å²) in [5.41, 5.74) is 4.85. The fourth-order valence-corrected chi connectivity index (χ4v) is 1.96. The Kier molecular flexibility index (Phi) is 2.58. The van der Waals surface area contributed by atoms with Crippen LogP contribution in [0.2, 0.25) is 0 Å². The number of hydrogen-bond acceptors (Lipinski definition) is 3. The molecule has 2 N–H and O–H groups in total. The second kappa shape index (κ2) is 3.35. The van der Waals surface area contributed by atoms with Gasteiger partial charge in [0.15, 0.2) is 0 Å². The third kappa shape index (κ3) is 2.19. The minimum Gasteiger partial charge on any atom is -0.366 e. The topological polar surface area (TPSA) is 77.2 Å². The van der Waals surface area contributed by atoms with Crippen molar-refractivity contribution in [2.24, 2.45) is 5.73 Å². The number of halogens is 1. The molecule has 0 radical (unpaired) electrons. The van der Waals surface area contributed by atoms with Gasteiger partial charge in [-0.1, -0.05) is 12.1 Å². The molecule has 0 aliphatic carbocycles. The highest BCUT2D eigenvalue weighted by Gasteiger charge is 2.17. The maximum Gasteiger partial charge on any atom is 0.262 e. The van der Waals surface area contributed by atoms with Gasteiger partial charge in [0.1, 0.15) is 0 Å². The average molecular weight is 220 g/mol. The molecule has 0 aliphatic rings. The van der Waals surface area contributed by atoms with E-state index in [0.29, 0.717) is 0 Å². The first kappa shape index (κ1) is 10.0. The molecule has 0 aliphatic heterocycles. The van der Waals surface area contributed by atoms with E-state index in [1.807, 2.05) is 0 Å². The molecule has 1 rings (SSSR count). The van der Waals surface area contributed by atoms with Gasteiger partial charge in [-0.25, -0.2) is 8.42 Å². The van der Waals surface area contributed by atoms with Crippen LogP contribution in [-0.2, 0) is 9.05 Å². The number of hydrogen-bond donors (Lipinski definition) is 1. The second-order valence-electron chi connectivity index (χ2n) is 2.30. The Hall–Kier alpha value is -1.07. The molecule has 1 aromatic carbocycles. The quantitative estimate of drug-likeness (QED) is 0.745. The zero-order chi connectivity index (χ0) is 10.1. The van der Waals surface area contributed by atoms with Crippen LogP contribution < -0.4 is 5.73 Å². The van der Waals surface area contributed by atoms with Crippen LogP contribution in [0.25, 0.3) is 0 Å². The summed E-state index contributed by atoms with van der Waals surface area (Å²) in [5, 5.41) is 0. The average Bonchev–Trinajstić information content (AvgIpc) is 2.03. The lowest BCUT2D eigenvalue weighted by molar-refractivity contribution is 0.0997. The maximum absolute atomic E-state index is 10.9. The first-order valence-electron chi connectivity index (χ1n) is 3.26. The van der Waals surface area contributed by atoms with Crippen LogP contribution in [0.3, 0.4) is 0 Å². The van der Waals surface area contributed by atoms with Crippen LogP contribution in [0.15, 0.2) is 29.2 Å². The Morgan fingerprint density at radius 3 is 2.23 bits per heavy atom. The van der Waals surface area contributed by atoms with Crippen molar-refractivity contribution in [2.45, 2.75) is 4.90 Å². The number of rotatable bonds is 2. The predicted octanol–water partition coefficient (Wildman–Crippen LogP) is 0.713. The summed E-state index contributed by atoms with van der Waals surface area (Å²) in [4.78, 5) is 10.5. The molecule has 0 aromatic heterocycles. The molecule has 0 saturated carbocycles. The maximum atomic E-state index is 10.9. The van der Waals surface area contributed by atoms with Gasteiger partial charge in [0.05, 0.1) is 10.5 Å². The molecule has 4 nitrogen and oxygen atoms in total. The summed E-state index contributed by atoms with van der Waals surface area (Å²) in [6, 6.07) is 5.49. The lowest BCUT2D eigenvalue weighted by atomic mass is 10.2. The van der Waals surface area contributed by atoms with Gasteiger partial charge in [-0.05, 0) is 12.1 Å².